The molecule has 110 valence electrons. The third-order valence-electron chi connectivity index (χ3n) is 3.34. The van der Waals surface area contributed by atoms with Crippen LogP contribution in [0, 0.1) is 16.7 Å². The molecule has 21 heavy (non-hydrogen) atoms. The molecule has 0 aliphatic heterocycles. The van der Waals surface area contributed by atoms with Crippen LogP contribution in [0.5, 0.6) is 0 Å². The van der Waals surface area contributed by atoms with Gasteiger partial charge in [-0.3, -0.25) is 4.79 Å². The van der Waals surface area contributed by atoms with Crippen LogP contribution in [0.1, 0.15) is 47.7 Å². The lowest BCUT2D eigenvalue weighted by Crippen LogP contribution is -2.36. The predicted molar refractivity (Wildman–Crippen MR) is 84.1 cm³/mol. The van der Waals surface area contributed by atoms with Crippen molar-refractivity contribution in [3.63, 3.8) is 0 Å². The van der Waals surface area contributed by atoms with E-state index in [4.69, 9.17) is 5.26 Å². The summed E-state index contributed by atoms with van der Waals surface area (Å²) in [7, 11) is 1.77. The first kappa shape index (κ1) is 15.3. The van der Waals surface area contributed by atoms with Crippen LogP contribution in [0.15, 0.2) is 29.8 Å². The fourth-order valence-corrected chi connectivity index (χ4v) is 3.25. The van der Waals surface area contributed by atoms with Gasteiger partial charge < -0.3 is 9.88 Å². The third kappa shape index (κ3) is 3.34. The highest BCUT2D eigenvalue weighted by Crippen LogP contribution is 2.35. The van der Waals surface area contributed by atoms with Gasteiger partial charge in [0.05, 0.1) is 11.6 Å². The number of carbonyl (C=O) groups is 1. The molecule has 0 aliphatic carbocycles. The van der Waals surface area contributed by atoms with Crippen molar-refractivity contribution in [2.45, 2.75) is 26.8 Å². The Morgan fingerprint density at radius 2 is 2.19 bits per heavy atom. The summed E-state index contributed by atoms with van der Waals surface area (Å²) in [5.41, 5.74) is 0.896. The first-order valence-corrected chi connectivity index (χ1v) is 7.61. The summed E-state index contributed by atoms with van der Waals surface area (Å²) in [6.45, 7) is 6.30. The van der Waals surface area contributed by atoms with Gasteiger partial charge in [-0.25, -0.2) is 0 Å². The normalized spacial score (nSPS) is 12.7. The van der Waals surface area contributed by atoms with Gasteiger partial charge in [-0.05, 0) is 22.9 Å². The molecule has 0 aliphatic rings. The van der Waals surface area contributed by atoms with Crippen LogP contribution in [0.3, 0.4) is 0 Å². The molecule has 0 saturated heterocycles. The largest absolute Gasteiger partial charge is 0.345 e. The molecule has 2 heterocycles. The van der Waals surface area contributed by atoms with Crippen molar-refractivity contribution >= 4 is 17.2 Å². The van der Waals surface area contributed by atoms with Crippen LogP contribution < -0.4 is 5.32 Å². The number of hydrogen-bond acceptors (Lipinski definition) is 3. The van der Waals surface area contributed by atoms with Crippen LogP contribution >= 0.6 is 11.3 Å². The minimum Gasteiger partial charge on any atom is -0.345 e. The molecule has 2 rings (SSSR count). The molecule has 0 spiro atoms. The number of amides is 1. The number of rotatable bonds is 3. The van der Waals surface area contributed by atoms with Crippen molar-refractivity contribution in [2.75, 3.05) is 0 Å². The van der Waals surface area contributed by atoms with Crippen molar-refractivity contribution < 1.29 is 4.79 Å². The number of nitrogens with one attached hydrogen (secondary N) is 1. The Hall–Kier alpha value is -2.06. The summed E-state index contributed by atoms with van der Waals surface area (Å²) < 4.78 is 1.68. The molecule has 0 fully saturated rings. The standard InChI is InChI=1S/C16H19N3OS/c1-16(2,3)14(13-6-5-7-21-13)18-15(20)12-8-11(9-17)10-19(12)4/h5-8,10,14H,1-4H3,(H,18,20)/t14-/m1/s1. The summed E-state index contributed by atoms with van der Waals surface area (Å²) in [5.74, 6) is -0.160. The number of aromatic nitrogens is 1. The molecular weight excluding hydrogens is 282 g/mol. The molecule has 1 atom stereocenters. The third-order valence-corrected chi connectivity index (χ3v) is 4.27. The second-order valence-electron chi connectivity index (χ2n) is 6.12. The van der Waals surface area contributed by atoms with Crippen LogP contribution in [0.2, 0.25) is 0 Å². The minimum absolute atomic E-state index is 0.0644. The second-order valence-corrected chi connectivity index (χ2v) is 7.10. The van der Waals surface area contributed by atoms with Gasteiger partial charge in [0.2, 0.25) is 0 Å². The Kier molecular flexibility index (Phi) is 4.19. The quantitative estimate of drug-likeness (QED) is 0.943. The summed E-state index contributed by atoms with van der Waals surface area (Å²) in [5, 5.41) is 14.0. The lowest BCUT2D eigenvalue weighted by molar-refractivity contribution is 0.0895. The highest BCUT2D eigenvalue weighted by atomic mass is 32.1. The van der Waals surface area contributed by atoms with Crippen molar-refractivity contribution in [2.24, 2.45) is 12.5 Å². The van der Waals surface area contributed by atoms with Crippen LogP contribution in [-0.2, 0) is 7.05 Å². The van der Waals surface area contributed by atoms with E-state index in [9.17, 15) is 4.79 Å². The molecule has 0 bridgehead atoms. The van der Waals surface area contributed by atoms with Crippen molar-refractivity contribution in [3.05, 3.63) is 45.9 Å². The monoisotopic (exact) mass is 301 g/mol. The van der Waals surface area contributed by atoms with Gasteiger partial charge in [-0.2, -0.15) is 5.26 Å². The van der Waals surface area contributed by atoms with Gasteiger partial charge in [-0.15, -0.1) is 11.3 Å². The van der Waals surface area contributed by atoms with E-state index < -0.39 is 0 Å². The number of aryl methyl sites for hydroxylation is 1. The van der Waals surface area contributed by atoms with E-state index in [0.717, 1.165) is 4.88 Å². The maximum atomic E-state index is 12.5. The summed E-state index contributed by atoms with van der Waals surface area (Å²) in [6, 6.07) is 7.63. The Balaban J connectivity index is 2.27. The Bertz CT molecular complexity index is 671. The molecule has 0 aromatic carbocycles. The summed E-state index contributed by atoms with van der Waals surface area (Å²) in [4.78, 5) is 13.6. The van der Waals surface area contributed by atoms with Crippen LogP contribution in [-0.4, -0.2) is 10.5 Å². The highest BCUT2D eigenvalue weighted by molar-refractivity contribution is 7.10. The summed E-state index contributed by atoms with van der Waals surface area (Å²) >= 11 is 1.64. The lowest BCUT2D eigenvalue weighted by Gasteiger charge is -2.30. The maximum Gasteiger partial charge on any atom is 0.268 e. The van der Waals surface area contributed by atoms with E-state index >= 15 is 0 Å². The average Bonchev–Trinajstić information content (AvgIpc) is 3.03. The predicted octanol–water partition coefficient (Wildman–Crippen LogP) is 3.48. The molecule has 0 unspecified atom stereocenters. The maximum absolute atomic E-state index is 12.5. The molecule has 5 heteroatoms. The molecule has 2 aromatic heterocycles. The number of hydrogen-bond donors (Lipinski definition) is 1. The Labute approximate surface area is 129 Å². The van der Waals surface area contributed by atoms with Gasteiger partial charge in [0.15, 0.2) is 0 Å². The zero-order valence-corrected chi connectivity index (χ0v) is 13.5. The van der Waals surface area contributed by atoms with E-state index in [1.807, 2.05) is 17.5 Å². The molecule has 0 radical (unpaired) electrons. The zero-order chi connectivity index (χ0) is 15.6. The van der Waals surface area contributed by atoms with Gasteiger partial charge in [0.25, 0.3) is 5.91 Å². The van der Waals surface area contributed by atoms with E-state index in [2.05, 4.69) is 32.2 Å². The van der Waals surface area contributed by atoms with Gasteiger partial charge in [0, 0.05) is 18.1 Å². The van der Waals surface area contributed by atoms with E-state index in [-0.39, 0.29) is 17.4 Å². The molecule has 0 saturated carbocycles. The SMILES string of the molecule is Cn1cc(C#N)cc1C(=O)N[C@H](c1cccs1)C(C)(C)C. The topological polar surface area (TPSA) is 57.8 Å². The average molecular weight is 301 g/mol. The van der Waals surface area contributed by atoms with Gasteiger partial charge in [-0.1, -0.05) is 26.8 Å². The van der Waals surface area contributed by atoms with E-state index in [1.165, 1.54) is 0 Å². The van der Waals surface area contributed by atoms with Gasteiger partial charge in [0.1, 0.15) is 11.8 Å². The van der Waals surface area contributed by atoms with Crippen molar-refractivity contribution in [3.8, 4) is 6.07 Å². The highest BCUT2D eigenvalue weighted by Gasteiger charge is 2.29. The van der Waals surface area contributed by atoms with Crippen LogP contribution in [0.4, 0.5) is 0 Å². The van der Waals surface area contributed by atoms with Crippen LogP contribution in [0.25, 0.3) is 0 Å². The van der Waals surface area contributed by atoms with Gasteiger partial charge >= 0.3 is 0 Å². The van der Waals surface area contributed by atoms with Crippen molar-refractivity contribution in [1.82, 2.24) is 9.88 Å². The number of thiophene rings is 1. The molecule has 2 aromatic rings. The zero-order valence-electron chi connectivity index (χ0n) is 12.7. The second kappa shape index (κ2) is 5.74. The lowest BCUT2D eigenvalue weighted by atomic mass is 9.85. The fourth-order valence-electron chi connectivity index (χ4n) is 2.23. The summed E-state index contributed by atoms with van der Waals surface area (Å²) in [6.07, 6.45) is 1.66. The first-order chi connectivity index (χ1) is 9.82. The molecule has 4 nitrogen and oxygen atoms in total. The first-order valence-electron chi connectivity index (χ1n) is 6.73. The van der Waals surface area contributed by atoms with E-state index in [0.29, 0.717) is 11.3 Å². The Morgan fingerprint density at radius 3 is 2.67 bits per heavy atom. The molecular formula is C16H19N3OS. The van der Waals surface area contributed by atoms with Crippen molar-refractivity contribution in [1.29, 1.82) is 5.26 Å². The fraction of sp³-hybridized carbons (Fsp3) is 0.375. The smallest absolute Gasteiger partial charge is 0.268 e. The number of nitriles is 1. The molecule has 1 amide bonds. The Morgan fingerprint density at radius 1 is 1.48 bits per heavy atom. The molecule has 1 N–H and O–H groups in total. The number of carbonyl (C=O) groups excluding carboxylic acids is 1. The number of nitrogens with zero attached hydrogens (tertiary/aromatic N) is 2. The minimum atomic E-state index is -0.160. The van der Waals surface area contributed by atoms with E-state index in [1.54, 1.807) is 35.2 Å².